The van der Waals surface area contributed by atoms with Crippen LogP contribution in [0.2, 0.25) is 0 Å². The second kappa shape index (κ2) is 4.94. The number of rotatable bonds is 0. The second-order valence-electron chi connectivity index (χ2n) is 3.10. The standard InChI is InChI=1S/C9H15BrO/c10-8-6-4-2-1-3-5-7-9(8)11/h6,9,11H,1-5,7H2/b8-6+. The summed E-state index contributed by atoms with van der Waals surface area (Å²) in [6, 6.07) is 0. The van der Waals surface area contributed by atoms with Crippen molar-refractivity contribution in [1.82, 2.24) is 0 Å². The van der Waals surface area contributed by atoms with E-state index in [1.54, 1.807) is 0 Å². The molecule has 1 unspecified atom stereocenters. The largest absolute Gasteiger partial charge is 0.388 e. The Morgan fingerprint density at radius 2 is 2.00 bits per heavy atom. The SMILES string of the molecule is OC1CCCCCC/C=C\1Br. The second-order valence-corrected chi connectivity index (χ2v) is 4.01. The Hall–Kier alpha value is 0.180. The van der Waals surface area contributed by atoms with Crippen LogP contribution in [0.3, 0.4) is 0 Å². The van der Waals surface area contributed by atoms with Crippen LogP contribution in [0, 0.1) is 0 Å². The summed E-state index contributed by atoms with van der Waals surface area (Å²) >= 11 is 3.38. The van der Waals surface area contributed by atoms with E-state index in [0.29, 0.717) is 0 Å². The van der Waals surface area contributed by atoms with Crippen molar-refractivity contribution in [2.75, 3.05) is 0 Å². The van der Waals surface area contributed by atoms with Crippen LogP contribution in [-0.4, -0.2) is 11.2 Å². The van der Waals surface area contributed by atoms with Crippen LogP contribution in [0.5, 0.6) is 0 Å². The molecule has 1 aliphatic carbocycles. The molecule has 1 nitrogen and oxygen atoms in total. The normalized spacial score (nSPS) is 32.9. The fourth-order valence-electron chi connectivity index (χ4n) is 1.35. The Morgan fingerprint density at radius 1 is 1.27 bits per heavy atom. The van der Waals surface area contributed by atoms with Gasteiger partial charge in [0.05, 0.1) is 6.10 Å². The Morgan fingerprint density at radius 3 is 2.82 bits per heavy atom. The van der Waals surface area contributed by atoms with Crippen LogP contribution in [0.1, 0.15) is 38.5 Å². The first-order chi connectivity index (χ1) is 5.30. The minimum absolute atomic E-state index is 0.243. The van der Waals surface area contributed by atoms with E-state index < -0.39 is 0 Å². The predicted octanol–water partition coefficient (Wildman–Crippen LogP) is 2.98. The number of halogens is 1. The lowest BCUT2D eigenvalue weighted by atomic mass is 10.1. The van der Waals surface area contributed by atoms with E-state index >= 15 is 0 Å². The molecule has 1 rings (SSSR count). The molecule has 11 heavy (non-hydrogen) atoms. The van der Waals surface area contributed by atoms with Crippen molar-refractivity contribution in [3.63, 3.8) is 0 Å². The fourth-order valence-corrected chi connectivity index (χ4v) is 1.81. The zero-order valence-electron chi connectivity index (χ0n) is 6.72. The van der Waals surface area contributed by atoms with Gasteiger partial charge < -0.3 is 5.11 Å². The highest BCUT2D eigenvalue weighted by Gasteiger charge is 2.08. The van der Waals surface area contributed by atoms with Gasteiger partial charge in [0.2, 0.25) is 0 Å². The van der Waals surface area contributed by atoms with Crippen molar-refractivity contribution < 1.29 is 5.11 Å². The molecule has 0 aromatic carbocycles. The van der Waals surface area contributed by atoms with E-state index in [9.17, 15) is 5.11 Å². The minimum Gasteiger partial charge on any atom is -0.388 e. The molecule has 1 aliphatic rings. The molecule has 1 atom stereocenters. The third-order valence-electron chi connectivity index (χ3n) is 2.09. The van der Waals surface area contributed by atoms with Crippen LogP contribution in [0.15, 0.2) is 10.6 Å². The lowest BCUT2D eigenvalue weighted by molar-refractivity contribution is 0.206. The molecule has 0 heterocycles. The van der Waals surface area contributed by atoms with Crippen molar-refractivity contribution in [3.8, 4) is 0 Å². The van der Waals surface area contributed by atoms with Crippen LogP contribution >= 0.6 is 15.9 Å². The number of allylic oxidation sites excluding steroid dienone is 1. The molecular formula is C9H15BrO. The summed E-state index contributed by atoms with van der Waals surface area (Å²) in [5.74, 6) is 0. The van der Waals surface area contributed by atoms with Gasteiger partial charge >= 0.3 is 0 Å². The highest BCUT2D eigenvalue weighted by molar-refractivity contribution is 9.11. The Bertz CT molecular complexity index is 142. The highest BCUT2D eigenvalue weighted by Crippen LogP contribution is 2.21. The molecule has 0 spiro atoms. The van der Waals surface area contributed by atoms with Gasteiger partial charge in [0.15, 0.2) is 0 Å². The van der Waals surface area contributed by atoms with Crippen LogP contribution in [0.25, 0.3) is 0 Å². The lowest BCUT2D eigenvalue weighted by Gasteiger charge is -2.07. The summed E-state index contributed by atoms with van der Waals surface area (Å²) in [6.07, 6.45) is 8.89. The van der Waals surface area contributed by atoms with Crippen LogP contribution in [0.4, 0.5) is 0 Å². The summed E-state index contributed by atoms with van der Waals surface area (Å²) in [5.41, 5.74) is 0. The molecule has 1 N–H and O–H groups in total. The van der Waals surface area contributed by atoms with Crippen LogP contribution in [-0.2, 0) is 0 Å². The van der Waals surface area contributed by atoms with Gasteiger partial charge in [-0.2, -0.15) is 0 Å². The van der Waals surface area contributed by atoms with Crippen molar-refractivity contribution in [1.29, 1.82) is 0 Å². The first-order valence-corrected chi connectivity index (χ1v) is 5.13. The topological polar surface area (TPSA) is 20.2 Å². The molecular weight excluding hydrogens is 204 g/mol. The molecule has 0 aliphatic heterocycles. The van der Waals surface area contributed by atoms with E-state index in [2.05, 4.69) is 22.0 Å². The summed E-state index contributed by atoms with van der Waals surface area (Å²) in [7, 11) is 0. The molecule has 0 saturated heterocycles. The van der Waals surface area contributed by atoms with Gasteiger partial charge in [0.1, 0.15) is 0 Å². The monoisotopic (exact) mass is 218 g/mol. The minimum atomic E-state index is -0.243. The first kappa shape index (κ1) is 9.27. The Balaban J connectivity index is 2.44. The number of aliphatic hydroxyl groups excluding tert-OH is 1. The zero-order valence-corrected chi connectivity index (χ0v) is 8.31. The number of aliphatic hydroxyl groups is 1. The number of hydrogen-bond donors (Lipinski definition) is 1. The predicted molar refractivity (Wildman–Crippen MR) is 50.7 cm³/mol. The van der Waals surface area contributed by atoms with Crippen molar-refractivity contribution in [2.24, 2.45) is 0 Å². The summed E-state index contributed by atoms with van der Waals surface area (Å²) in [4.78, 5) is 0. The Kier molecular flexibility index (Phi) is 4.16. The maximum absolute atomic E-state index is 9.49. The van der Waals surface area contributed by atoms with Gasteiger partial charge in [0.25, 0.3) is 0 Å². The molecule has 0 radical (unpaired) electrons. The van der Waals surface area contributed by atoms with Crippen molar-refractivity contribution in [3.05, 3.63) is 10.6 Å². The lowest BCUT2D eigenvalue weighted by Crippen LogP contribution is -2.05. The first-order valence-electron chi connectivity index (χ1n) is 4.34. The highest BCUT2D eigenvalue weighted by atomic mass is 79.9. The maximum Gasteiger partial charge on any atom is 0.0851 e. The molecule has 0 aromatic heterocycles. The van der Waals surface area contributed by atoms with Crippen LogP contribution < -0.4 is 0 Å². The zero-order chi connectivity index (χ0) is 8.10. The smallest absolute Gasteiger partial charge is 0.0851 e. The molecule has 2 heteroatoms. The summed E-state index contributed by atoms with van der Waals surface area (Å²) < 4.78 is 0.986. The molecule has 0 aromatic rings. The Labute approximate surface area is 76.6 Å². The third-order valence-corrected chi connectivity index (χ3v) is 2.94. The van der Waals surface area contributed by atoms with E-state index in [4.69, 9.17) is 0 Å². The molecule has 0 fully saturated rings. The van der Waals surface area contributed by atoms with E-state index in [1.165, 1.54) is 19.3 Å². The summed E-state index contributed by atoms with van der Waals surface area (Å²) in [5, 5.41) is 9.49. The number of hydrogen-bond acceptors (Lipinski definition) is 1. The fraction of sp³-hybridized carbons (Fsp3) is 0.778. The van der Waals surface area contributed by atoms with Crippen molar-refractivity contribution in [2.45, 2.75) is 44.6 Å². The summed E-state index contributed by atoms with van der Waals surface area (Å²) in [6.45, 7) is 0. The van der Waals surface area contributed by atoms with E-state index in [0.717, 1.165) is 23.7 Å². The van der Waals surface area contributed by atoms with Gasteiger partial charge in [0, 0.05) is 4.48 Å². The average Bonchev–Trinajstić information content (AvgIpc) is 2.07. The maximum atomic E-state index is 9.49. The average molecular weight is 219 g/mol. The van der Waals surface area contributed by atoms with Crippen molar-refractivity contribution >= 4 is 15.9 Å². The van der Waals surface area contributed by atoms with Gasteiger partial charge in [-0.05, 0) is 19.3 Å². The van der Waals surface area contributed by atoms with Gasteiger partial charge in [-0.15, -0.1) is 0 Å². The van der Waals surface area contributed by atoms with Gasteiger partial charge in [-0.3, -0.25) is 0 Å². The molecule has 0 bridgehead atoms. The van der Waals surface area contributed by atoms with Gasteiger partial charge in [-0.1, -0.05) is 41.3 Å². The van der Waals surface area contributed by atoms with E-state index in [-0.39, 0.29) is 6.10 Å². The third kappa shape index (κ3) is 3.39. The molecule has 64 valence electrons. The van der Waals surface area contributed by atoms with Gasteiger partial charge in [-0.25, -0.2) is 0 Å². The molecule has 0 amide bonds. The quantitative estimate of drug-likeness (QED) is 0.664. The van der Waals surface area contributed by atoms with E-state index in [1.807, 2.05) is 0 Å². The molecule has 0 saturated carbocycles.